The van der Waals surface area contributed by atoms with Crippen LogP contribution in [0.1, 0.15) is 16.5 Å². The van der Waals surface area contributed by atoms with Gasteiger partial charge in [0.25, 0.3) is 0 Å². The van der Waals surface area contributed by atoms with Gasteiger partial charge in [-0.2, -0.15) is 4.68 Å². The molecule has 3 aromatic rings. The Morgan fingerprint density at radius 2 is 2.20 bits per heavy atom. The van der Waals surface area contributed by atoms with E-state index >= 15 is 0 Å². The first-order valence-electron chi connectivity index (χ1n) is 6.23. The number of nitrogens with zero attached hydrogens (tertiary/aromatic N) is 5. The molecule has 1 N–H and O–H groups in total. The zero-order valence-corrected chi connectivity index (χ0v) is 12.1. The second-order valence-electron chi connectivity index (χ2n) is 4.42. The Morgan fingerprint density at radius 3 is 2.90 bits per heavy atom. The standard InChI is InChI=1S/C13H14N6S/c1-9-8-20-13(15-9)7-14-11-4-3-5-12(6-11)19-10(2)16-17-18-19/h3-6,8,14H,7H2,1-2H3. The molecule has 0 amide bonds. The number of rotatable bonds is 4. The lowest BCUT2D eigenvalue weighted by Crippen LogP contribution is -2.02. The molecule has 0 aliphatic heterocycles. The van der Waals surface area contributed by atoms with Gasteiger partial charge in [0.2, 0.25) is 0 Å². The molecule has 6 nitrogen and oxygen atoms in total. The first kappa shape index (κ1) is 12.7. The van der Waals surface area contributed by atoms with E-state index in [4.69, 9.17) is 0 Å². The van der Waals surface area contributed by atoms with Gasteiger partial charge in [-0.1, -0.05) is 6.07 Å². The molecule has 0 bridgehead atoms. The highest BCUT2D eigenvalue weighted by atomic mass is 32.1. The summed E-state index contributed by atoms with van der Waals surface area (Å²) in [5.74, 6) is 0.762. The van der Waals surface area contributed by atoms with Gasteiger partial charge in [-0.3, -0.25) is 0 Å². The smallest absolute Gasteiger partial charge is 0.153 e. The van der Waals surface area contributed by atoms with Crippen molar-refractivity contribution in [2.24, 2.45) is 0 Å². The highest BCUT2D eigenvalue weighted by Crippen LogP contribution is 2.16. The molecule has 0 unspecified atom stereocenters. The maximum Gasteiger partial charge on any atom is 0.153 e. The van der Waals surface area contributed by atoms with Crippen molar-refractivity contribution in [3.63, 3.8) is 0 Å². The number of aryl methyl sites for hydroxylation is 2. The molecule has 0 atom stereocenters. The molecule has 102 valence electrons. The fourth-order valence-electron chi connectivity index (χ4n) is 1.88. The summed E-state index contributed by atoms with van der Waals surface area (Å²) >= 11 is 1.66. The van der Waals surface area contributed by atoms with Gasteiger partial charge in [-0.15, -0.1) is 16.4 Å². The van der Waals surface area contributed by atoms with E-state index in [0.29, 0.717) is 0 Å². The summed E-state index contributed by atoms with van der Waals surface area (Å²) in [6.45, 7) is 4.59. The third-order valence-corrected chi connectivity index (χ3v) is 3.79. The second-order valence-corrected chi connectivity index (χ2v) is 5.37. The Kier molecular flexibility index (Phi) is 3.42. The molecule has 2 heterocycles. The van der Waals surface area contributed by atoms with Crippen molar-refractivity contribution in [2.75, 3.05) is 5.32 Å². The zero-order valence-electron chi connectivity index (χ0n) is 11.2. The van der Waals surface area contributed by atoms with E-state index in [0.717, 1.165) is 34.4 Å². The van der Waals surface area contributed by atoms with Crippen LogP contribution < -0.4 is 5.32 Å². The molecule has 0 spiro atoms. The van der Waals surface area contributed by atoms with Crippen molar-refractivity contribution in [2.45, 2.75) is 20.4 Å². The third kappa shape index (κ3) is 2.67. The molecule has 1 aromatic carbocycles. The maximum atomic E-state index is 4.43. The maximum absolute atomic E-state index is 4.43. The van der Waals surface area contributed by atoms with Gasteiger partial charge in [0, 0.05) is 16.8 Å². The predicted molar refractivity (Wildman–Crippen MR) is 78.1 cm³/mol. The van der Waals surface area contributed by atoms with E-state index in [1.807, 2.05) is 38.1 Å². The Hall–Kier alpha value is -2.28. The minimum Gasteiger partial charge on any atom is -0.378 e. The molecular formula is C13H14N6S. The van der Waals surface area contributed by atoms with E-state index in [1.165, 1.54) is 0 Å². The summed E-state index contributed by atoms with van der Waals surface area (Å²) in [6, 6.07) is 7.99. The van der Waals surface area contributed by atoms with Crippen LogP contribution in [-0.2, 0) is 6.54 Å². The van der Waals surface area contributed by atoms with Gasteiger partial charge in [0.15, 0.2) is 5.82 Å². The van der Waals surface area contributed by atoms with Crippen LogP contribution in [0.15, 0.2) is 29.6 Å². The number of hydrogen-bond acceptors (Lipinski definition) is 6. The molecular weight excluding hydrogens is 272 g/mol. The van der Waals surface area contributed by atoms with Crippen molar-refractivity contribution in [1.29, 1.82) is 0 Å². The number of thiazole rings is 1. The zero-order chi connectivity index (χ0) is 13.9. The predicted octanol–water partition coefficient (Wildman–Crippen LogP) is 2.35. The number of anilines is 1. The molecule has 3 rings (SSSR count). The van der Waals surface area contributed by atoms with E-state index < -0.39 is 0 Å². The van der Waals surface area contributed by atoms with Gasteiger partial charge in [0.1, 0.15) is 5.01 Å². The molecule has 0 saturated heterocycles. The minimum absolute atomic E-state index is 0.719. The molecule has 0 fully saturated rings. The Labute approximate surface area is 120 Å². The number of benzene rings is 1. The van der Waals surface area contributed by atoms with Crippen LogP contribution in [0.2, 0.25) is 0 Å². The molecule has 2 aromatic heterocycles. The first-order valence-corrected chi connectivity index (χ1v) is 7.10. The van der Waals surface area contributed by atoms with Crippen molar-refractivity contribution in [3.05, 3.63) is 46.2 Å². The van der Waals surface area contributed by atoms with E-state index in [2.05, 4.69) is 31.2 Å². The molecule has 0 saturated carbocycles. The third-order valence-electron chi connectivity index (χ3n) is 2.83. The summed E-state index contributed by atoms with van der Waals surface area (Å²) in [4.78, 5) is 4.43. The number of tetrazole rings is 1. The van der Waals surface area contributed by atoms with Gasteiger partial charge in [-0.25, -0.2) is 4.98 Å². The summed E-state index contributed by atoms with van der Waals surface area (Å²) in [6.07, 6.45) is 0. The highest BCUT2D eigenvalue weighted by molar-refractivity contribution is 7.09. The normalized spacial score (nSPS) is 10.7. The van der Waals surface area contributed by atoms with Crippen molar-refractivity contribution in [3.8, 4) is 5.69 Å². The fraction of sp³-hybridized carbons (Fsp3) is 0.231. The van der Waals surface area contributed by atoms with Crippen LogP contribution in [0, 0.1) is 13.8 Å². The largest absolute Gasteiger partial charge is 0.378 e. The van der Waals surface area contributed by atoms with Crippen molar-refractivity contribution >= 4 is 17.0 Å². The first-order chi connectivity index (χ1) is 9.72. The van der Waals surface area contributed by atoms with Crippen LogP contribution in [0.25, 0.3) is 5.69 Å². The average Bonchev–Trinajstić information content (AvgIpc) is 3.05. The molecule has 0 radical (unpaired) electrons. The van der Waals surface area contributed by atoms with E-state index in [1.54, 1.807) is 16.0 Å². The van der Waals surface area contributed by atoms with Crippen LogP contribution >= 0.6 is 11.3 Å². The summed E-state index contributed by atoms with van der Waals surface area (Å²) in [5, 5.41) is 18.0. The van der Waals surface area contributed by atoms with Crippen LogP contribution in [-0.4, -0.2) is 25.2 Å². The number of nitrogens with one attached hydrogen (secondary N) is 1. The van der Waals surface area contributed by atoms with Crippen LogP contribution in [0.4, 0.5) is 5.69 Å². The fourth-order valence-corrected chi connectivity index (χ4v) is 2.59. The lowest BCUT2D eigenvalue weighted by molar-refractivity contribution is 0.779. The van der Waals surface area contributed by atoms with Crippen molar-refractivity contribution < 1.29 is 0 Å². The SMILES string of the molecule is Cc1csc(CNc2cccc(-n3nnnc3C)c2)n1. The monoisotopic (exact) mass is 286 g/mol. The lowest BCUT2D eigenvalue weighted by atomic mass is 10.2. The molecule has 20 heavy (non-hydrogen) atoms. The molecule has 7 heteroatoms. The van der Waals surface area contributed by atoms with Crippen LogP contribution in [0.5, 0.6) is 0 Å². The Morgan fingerprint density at radius 1 is 1.30 bits per heavy atom. The van der Waals surface area contributed by atoms with E-state index in [-0.39, 0.29) is 0 Å². The molecule has 0 aliphatic rings. The van der Waals surface area contributed by atoms with E-state index in [9.17, 15) is 0 Å². The topological polar surface area (TPSA) is 68.5 Å². The van der Waals surface area contributed by atoms with Gasteiger partial charge >= 0.3 is 0 Å². The van der Waals surface area contributed by atoms with Crippen LogP contribution in [0.3, 0.4) is 0 Å². The Bertz CT molecular complexity index is 717. The summed E-state index contributed by atoms with van der Waals surface area (Å²) < 4.78 is 1.71. The van der Waals surface area contributed by atoms with Gasteiger partial charge in [0.05, 0.1) is 12.2 Å². The Balaban J connectivity index is 1.76. The minimum atomic E-state index is 0.719. The second kappa shape index (κ2) is 5.38. The van der Waals surface area contributed by atoms with Crippen molar-refractivity contribution in [1.82, 2.24) is 25.2 Å². The quantitative estimate of drug-likeness (QED) is 0.797. The number of hydrogen-bond donors (Lipinski definition) is 1. The lowest BCUT2D eigenvalue weighted by Gasteiger charge is -2.07. The molecule has 0 aliphatic carbocycles. The highest BCUT2D eigenvalue weighted by Gasteiger charge is 2.04. The summed E-state index contributed by atoms with van der Waals surface area (Å²) in [7, 11) is 0. The average molecular weight is 286 g/mol. The van der Waals surface area contributed by atoms with Gasteiger partial charge in [-0.05, 0) is 42.5 Å². The summed E-state index contributed by atoms with van der Waals surface area (Å²) in [5.41, 5.74) is 3.02. The van der Waals surface area contributed by atoms with Gasteiger partial charge < -0.3 is 5.32 Å². The number of aromatic nitrogens is 5.